The number of hydrogen-bond acceptors (Lipinski definition) is 5. The highest BCUT2D eigenvalue weighted by Gasteiger charge is 2.25. The maximum absolute atomic E-state index is 12.7. The second-order valence-electron chi connectivity index (χ2n) is 8.36. The molecule has 8 heteroatoms. The monoisotopic (exact) mass is 472 g/mol. The van der Waals surface area contributed by atoms with Crippen LogP contribution in [0.1, 0.15) is 49.8 Å². The molecule has 3 rings (SSSR count). The van der Waals surface area contributed by atoms with E-state index in [2.05, 4.69) is 0 Å². The summed E-state index contributed by atoms with van der Waals surface area (Å²) in [5, 5.41) is 0. The molecule has 0 saturated carbocycles. The van der Waals surface area contributed by atoms with E-state index in [1.807, 2.05) is 37.3 Å². The van der Waals surface area contributed by atoms with E-state index in [0.29, 0.717) is 19.5 Å². The van der Waals surface area contributed by atoms with Gasteiger partial charge in [-0.2, -0.15) is 4.31 Å². The summed E-state index contributed by atoms with van der Waals surface area (Å²) < 4.78 is 32.1. The SMILES string of the molecule is CC(c1ccccc1)N(C)C(=O)COC(=O)CCc1ccc(S(=O)(=O)N2CCCCC2)cc1. The van der Waals surface area contributed by atoms with Gasteiger partial charge in [0.1, 0.15) is 0 Å². The van der Waals surface area contributed by atoms with E-state index in [4.69, 9.17) is 4.74 Å². The van der Waals surface area contributed by atoms with E-state index < -0.39 is 16.0 Å². The molecule has 1 fully saturated rings. The Hall–Kier alpha value is -2.71. The summed E-state index contributed by atoms with van der Waals surface area (Å²) in [6.07, 6.45) is 3.37. The number of ether oxygens (including phenoxy) is 1. The van der Waals surface area contributed by atoms with E-state index in [1.165, 1.54) is 4.31 Å². The van der Waals surface area contributed by atoms with Gasteiger partial charge in [-0.05, 0) is 49.4 Å². The zero-order valence-corrected chi connectivity index (χ0v) is 20.1. The minimum absolute atomic E-state index is 0.115. The summed E-state index contributed by atoms with van der Waals surface area (Å²) in [6.45, 7) is 2.74. The van der Waals surface area contributed by atoms with Gasteiger partial charge in [0.15, 0.2) is 6.61 Å². The van der Waals surface area contributed by atoms with Crippen LogP contribution in [0, 0.1) is 0 Å². The topological polar surface area (TPSA) is 84.0 Å². The third-order valence-corrected chi connectivity index (χ3v) is 8.02. The average molecular weight is 473 g/mol. The molecule has 1 aliphatic heterocycles. The predicted octanol–water partition coefficient (Wildman–Crippen LogP) is 3.56. The Morgan fingerprint density at radius 1 is 1.00 bits per heavy atom. The molecular weight excluding hydrogens is 440 g/mol. The van der Waals surface area contributed by atoms with Crippen molar-refractivity contribution in [2.45, 2.75) is 50.0 Å². The molecule has 7 nitrogen and oxygen atoms in total. The number of aryl methyl sites for hydroxylation is 1. The summed E-state index contributed by atoms with van der Waals surface area (Å²) >= 11 is 0. The second kappa shape index (κ2) is 11.4. The minimum atomic E-state index is -3.46. The van der Waals surface area contributed by atoms with Crippen LogP contribution in [0.4, 0.5) is 0 Å². The molecule has 33 heavy (non-hydrogen) atoms. The largest absolute Gasteiger partial charge is 0.456 e. The van der Waals surface area contributed by atoms with Gasteiger partial charge in [0.05, 0.1) is 10.9 Å². The molecule has 1 amide bonds. The number of hydrogen-bond donors (Lipinski definition) is 0. The number of carbonyl (C=O) groups excluding carboxylic acids is 2. The molecule has 0 N–H and O–H groups in total. The van der Waals surface area contributed by atoms with Crippen LogP contribution in [0.25, 0.3) is 0 Å². The number of likely N-dealkylation sites (N-methyl/N-ethyl adjacent to an activating group) is 1. The number of nitrogens with zero attached hydrogens (tertiary/aromatic N) is 2. The molecule has 0 aromatic heterocycles. The van der Waals surface area contributed by atoms with Crippen LogP contribution in [0.3, 0.4) is 0 Å². The van der Waals surface area contributed by atoms with Crippen molar-refractivity contribution >= 4 is 21.9 Å². The van der Waals surface area contributed by atoms with Gasteiger partial charge in [-0.1, -0.05) is 48.9 Å². The first kappa shape index (κ1) is 24.9. The summed E-state index contributed by atoms with van der Waals surface area (Å²) in [6, 6.07) is 16.2. The van der Waals surface area contributed by atoms with Gasteiger partial charge in [-0.3, -0.25) is 9.59 Å². The average Bonchev–Trinajstić information content (AvgIpc) is 2.86. The molecule has 0 spiro atoms. The Morgan fingerprint density at radius 2 is 1.64 bits per heavy atom. The molecule has 1 unspecified atom stereocenters. The molecule has 1 aliphatic rings. The Kier molecular flexibility index (Phi) is 8.63. The van der Waals surface area contributed by atoms with E-state index in [0.717, 1.165) is 30.4 Å². The highest BCUT2D eigenvalue weighted by molar-refractivity contribution is 7.89. The molecule has 0 aliphatic carbocycles. The fourth-order valence-corrected chi connectivity index (χ4v) is 5.33. The molecule has 178 valence electrons. The third-order valence-electron chi connectivity index (χ3n) is 6.11. The van der Waals surface area contributed by atoms with Crippen LogP contribution in [0.2, 0.25) is 0 Å². The van der Waals surface area contributed by atoms with Crippen molar-refractivity contribution in [2.24, 2.45) is 0 Å². The fourth-order valence-electron chi connectivity index (χ4n) is 3.82. The predicted molar refractivity (Wildman–Crippen MR) is 126 cm³/mol. The smallest absolute Gasteiger partial charge is 0.306 e. The van der Waals surface area contributed by atoms with Crippen LogP contribution in [0.15, 0.2) is 59.5 Å². The summed E-state index contributed by atoms with van der Waals surface area (Å²) in [7, 11) is -1.78. The first-order valence-electron chi connectivity index (χ1n) is 11.3. The van der Waals surface area contributed by atoms with Crippen molar-refractivity contribution in [3.05, 3.63) is 65.7 Å². The van der Waals surface area contributed by atoms with E-state index in [-0.39, 0.29) is 29.9 Å². The van der Waals surface area contributed by atoms with Crippen LogP contribution < -0.4 is 0 Å². The van der Waals surface area contributed by atoms with Gasteiger partial charge >= 0.3 is 5.97 Å². The molecule has 1 atom stereocenters. The Bertz CT molecular complexity index is 1030. The number of esters is 1. The van der Waals surface area contributed by atoms with Crippen LogP contribution in [-0.2, 0) is 30.8 Å². The lowest BCUT2D eigenvalue weighted by molar-refractivity contribution is -0.152. The first-order chi connectivity index (χ1) is 15.8. The number of amides is 1. The maximum Gasteiger partial charge on any atom is 0.306 e. The zero-order chi connectivity index (χ0) is 23.8. The first-order valence-corrected chi connectivity index (χ1v) is 12.8. The minimum Gasteiger partial charge on any atom is -0.456 e. The van der Waals surface area contributed by atoms with Gasteiger partial charge < -0.3 is 9.64 Å². The third kappa shape index (κ3) is 6.65. The van der Waals surface area contributed by atoms with Gasteiger partial charge in [0.2, 0.25) is 10.0 Å². The maximum atomic E-state index is 12.7. The molecular formula is C25H32N2O5S. The van der Waals surface area contributed by atoms with Gasteiger partial charge in [0, 0.05) is 26.6 Å². The molecule has 0 bridgehead atoms. The molecule has 1 heterocycles. The van der Waals surface area contributed by atoms with Crippen LogP contribution >= 0.6 is 0 Å². The van der Waals surface area contributed by atoms with Crippen molar-refractivity contribution in [3.8, 4) is 0 Å². The lowest BCUT2D eigenvalue weighted by Gasteiger charge is -2.25. The lowest BCUT2D eigenvalue weighted by atomic mass is 10.1. The molecule has 2 aromatic carbocycles. The normalized spacial score (nSPS) is 15.6. The Labute approximate surface area is 196 Å². The van der Waals surface area contributed by atoms with Crippen molar-refractivity contribution in [1.29, 1.82) is 0 Å². The molecule has 1 saturated heterocycles. The number of sulfonamides is 1. The summed E-state index contributed by atoms with van der Waals surface area (Å²) in [5.41, 5.74) is 1.84. The number of benzene rings is 2. The fraction of sp³-hybridized carbons (Fsp3) is 0.440. The van der Waals surface area contributed by atoms with Crippen molar-refractivity contribution in [3.63, 3.8) is 0 Å². The van der Waals surface area contributed by atoms with Gasteiger partial charge in [-0.15, -0.1) is 0 Å². The standard InChI is InChI=1S/C25H32N2O5S/c1-20(22-9-5-3-6-10-22)26(2)24(28)19-32-25(29)16-13-21-11-14-23(15-12-21)33(30,31)27-17-7-4-8-18-27/h3,5-6,9-12,14-15,20H,4,7-8,13,16-19H2,1-2H3. The molecule has 2 aromatic rings. The molecule has 0 radical (unpaired) electrons. The van der Waals surface area contributed by atoms with Crippen molar-refractivity contribution in [1.82, 2.24) is 9.21 Å². The summed E-state index contributed by atoms with van der Waals surface area (Å²) in [4.78, 5) is 26.3. The van der Waals surface area contributed by atoms with Crippen LogP contribution in [-0.4, -0.2) is 56.2 Å². The second-order valence-corrected chi connectivity index (χ2v) is 10.3. The Balaban J connectivity index is 1.45. The Morgan fingerprint density at radius 3 is 2.27 bits per heavy atom. The number of carbonyl (C=O) groups is 2. The van der Waals surface area contributed by atoms with Crippen LogP contribution in [0.5, 0.6) is 0 Å². The summed E-state index contributed by atoms with van der Waals surface area (Å²) in [5.74, 6) is -0.735. The van der Waals surface area contributed by atoms with Crippen molar-refractivity contribution in [2.75, 3.05) is 26.7 Å². The quantitative estimate of drug-likeness (QED) is 0.521. The van der Waals surface area contributed by atoms with Crippen molar-refractivity contribution < 1.29 is 22.7 Å². The van der Waals surface area contributed by atoms with Gasteiger partial charge in [0.25, 0.3) is 5.91 Å². The van der Waals surface area contributed by atoms with E-state index >= 15 is 0 Å². The van der Waals surface area contributed by atoms with E-state index in [9.17, 15) is 18.0 Å². The zero-order valence-electron chi connectivity index (χ0n) is 19.3. The lowest BCUT2D eigenvalue weighted by Crippen LogP contribution is -2.35. The highest BCUT2D eigenvalue weighted by Crippen LogP contribution is 2.21. The number of rotatable bonds is 9. The number of piperidine rings is 1. The van der Waals surface area contributed by atoms with Gasteiger partial charge in [-0.25, -0.2) is 8.42 Å². The highest BCUT2D eigenvalue weighted by atomic mass is 32.2. The van der Waals surface area contributed by atoms with E-state index in [1.54, 1.807) is 36.2 Å².